The maximum absolute atomic E-state index is 12.6. The van der Waals surface area contributed by atoms with Gasteiger partial charge in [0.15, 0.2) is 0 Å². The summed E-state index contributed by atoms with van der Waals surface area (Å²) in [6.07, 6.45) is 3.51. The largest absolute Gasteiger partial charge is 0.496 e. The highest BCUT2D eigenvalue weighted by Gasteiger charge is 2.37. The molecule has 1 aromatic rings. The van der Waals surface area contributed by atoms with E-state index in [2.05, 4.69) is 15.9 Å². The van der Waals surface area contributed by atoms with Crippen molar-refractivity contribution in [3.8, 4) is 11.5 Å². The summed E-state index contributed by atoms with van der Waals surface area (Å²) < 4.78 is 11.3. The predicted molar refractivity (Wildman–Crippen MR) is 106 cm³/mol. The fourth-order valence-corrected chi connectivity index (χ4v) is 4.33. The molecule has 0 radical (unpaired) electrons. The van der Waals surface area contributed by atoms with Crippen LogP contribution in [0.2, 0.25) is 0 Å². The molecule has 2 aliphatic rings. The molecular formula is C18H19BrN2O5S. The molecule has 0 aromatic heterocycles. The molecule has 27 heavy (non-hydrogen) atoms. The summed E-state index contributed by atoms with van der Waals surface area (Å²) in [4.78, 5) is 40.1. The Morgan fingerprint density at radius 3 is 2.48 bits per heavy atom. The van der Waals surface area contributed by atoms with Gasteiger partial charge in [0.2, 0.25) is 5.91 Å². The van der Waals surface area contributed by atoms with E-state index < -0.39 is 11.1 Å². The van der Waals surface area contributed by atoms with E-state index in [9.17, 15) is 14.4 Å². The highest BCUT2D eigenvalue weighted by molar-refractivity contribution is 9.10. The predicted octanol–water partition coefficient (Wildman–Crippen LogP) is 3.13. The fraction of sp³-hybridized carbons (Fsp3) is 0.389. The van der Waals surface area contributed by atoms with Gasteiger partial charge in [-0.25, -0.2) is 0 Å². The number of thioether (sulfide) groups is 1. The van der Waals surface area contributed by atoms with Crippen LogP contribution in [0, 0.1) is 0 Å². The second kappa shape index (κ2) is 8.35. The summed E-state index contributed by atoms with van der Waals surface area (Å²) >= 11 is 4.22. The molecule has 0 unspecified atom stereocenters. The molecular weight excluding hydrogens is 436 g/mol. The van der Waals surface area contributed by atoms with Gasteiger partial charge in [0.25, 0.3) is 11.1 Å². The fourth-order valence-electron chi connectivity index (χ4n) is 2.98. The summed E-state index contributed by atoms with van der Waals surface area (Å²) in [5.41, 5.74) is 0.626. The lowest BCUT2D eigenvalue weighted by molar-refractivity contribution is -0.135. The second-order valence-electron chi connectivity index (χ2n) is 6.08. The lowest BCUT2D eigenvalue weighted by atomic mass is 10.1. The number of methoxy groups -OCH3 is 2. The van der Waals surface area contributed by atoms with Gasteiger partial charge in [-0.15, -0.1) is 0 Å². The minimum atomic E-state index is -0.466. The third-order valence-electron chi connectivity index (χ3n) is 4.42. The van der Waals surface area contributed by atoms with Crippen LogP contribution in [0.1, 0.15) is 18.4 Å². The van der Waals surface area contributed by atoms with E-state index in [1.54, 1.807) is 30.2 Å². The van der Waals surface area contributed by atoms with Crippen molar-refractivity contribution in [1.29, 1.82) is 0 Å². The Bertz CT molecular complexity index is 820. The molecule has 2 heterocycles. The van der Waals surface area contributed by atoms with E-state index in [0.717, 1.165) is 29.5 Å². The summed E-state index contributed by atoms with van der Waals surface area (Å²) in [6, 6.07) is 3.44. The van der Waals surface area contributed by atoms with Gasteiger partial charge in [-0.3, -0.25) is 19.3 Å². The Kier molecular flexibility index (Phi) is 6.11. The van der Waals surface area contributed by atoms with Crippen LogP contribution in [0.5, 0.6) is 11.5 Å². The SMILES string of the molecule is COc1cc(OC)c(/C=C2/SC(=O)N(CC(=O)N3CCCC3)C2=O)cc1Br. The molecule has 1 aromatic carbocycles. The van der Waals surface area contributed by atoms with Gasteiger partial charge in [0.1, 0.15) is 18.0 Å². The van der Waals surface area contributed by atoms with Gasteiger partial charge in [0.05, 0.1) is 23.6 Å². The van der Waals surface area contributed by atoms with Crippen molar-refractivity contribution in [2.75, 3.05) is 33.9 Å². The van der Waals surface area contributed by atoms with Crippen LogP contribution in [-0.2, 0) is 9.59 Å². The van der Waals surface area contributed by atoms with Gasteiger partial charge >= 0.3 is 0 Å². The van der Waals surface area contributed by atoms with Crippen LogP contribution in [0.3, 0.4) is 0 Å². The van der Waals surface area contributed by atoms with Crippen molar-refractivity contribution in [3.05, 3.63) is 27.1 Å². The van der Waals surface area contributed by atoms with Crippen LogP contribution in [0.4, 0.5) is 4.79 Å². The Hall–Kier alpha value is -2.00. The van der Waals surface area contributed by atoms with E-state index >= 15 is 0 Å². The maximum atomic E-state index is 12.6. The lowest BCUT2D eigenvalue weighted by Crippen LogP contribution is -2.40. The Morgan fingerprint density at radius 1 is 1.19 bits per heavy atom. The first-order valence-electron chi connectivity index (χ1n) is 8.39. The van der Waals surface area contributed by atoms with Crippen molar-refractivity contribution >= 4 is 50.8 Å². The van der Waals surface area contributed by atoms with Crippen molar-refractivity contribution in [2.24, 2.45) is 0 Å². The molecule has 0 bridgehead atoms. The molecule has 7 nitrogen and oxygen atoms in total. The number of hydrogen-bond acceptors (Lipinski definition) is 6. The number of likely N-dealkylation sites (tertiary alicyclic amines) is 1. The molecule has 0 N–H and O–H groups in total. The maximum Gasteiger partial charge on any atom is 0.294 e. The number of carbonyl (C=O) groups excluding carboxylic acids is 3. The second-order valence-corrected chi connectivity index (χ2v) is 7.93. The monoisotopic (exact) mass is 454 g/mol. The molecule has 0 aliphatic carbocycles. The standard InChI is InChI=1S/C18H19BrN2O5S/c1-25-13-9-14(26-2)12(19)7-11(13)8-15-17(23)21(18(24)27-15)10-16(22)20-5-3-4-6-20/h7-9H,3-6,10H2,1-2H3/b15-8+. The Labute approximate surface area is 169 Å². The number of carbonyl (C=O) groups is 3. The van der Waals surface area contributed by atoms with Gasteiger partial charge in [-0.1, -0.05) is 0 Å². The van der Waals surface area contributed by atoms with E-state index in [4.69, 9.17) is 9.47 Å². The quantitative estimate of drug-likeness (QED) is 0.636. The average Bonchev–Trinajstić information content (AvgIpc) is 3.27. The number of halogens is 1. The molecule has 2 aliphatic heterocycles. The first-order valence-corrected chi connectivity index (χ1v) is 10.00. The van der Waals surface area contributed by atoms with Crippen molar-refractivity contribution in [2.45, 2.75) is 12.8 Å². The number of amides is 3. The molecule has 3 amide bonds. The van der Waals surface area contributed by atoms with Gasteiger partial charge in [-0.05, 0) is 52.7 Å². The number of rotatable bonds is 5. The molecule has 144 valence electrons. The first-order chi connectivity index (χ1) is 12.9. The molecule has 0 atom stereocenters. The number of benzene rings is 1. The summed E-state index contributed by atoms with van der Waals surface area (Å²) in [6.45, 7) is 1.15. The van der Waals surface area contributed by atoms with E-state index in [1.165, 1.54) is 7.11 Å². The molecule has 3 rings (SSSR count). The number of nitrogens with zero attached hydrogens (tertiary/aromatic N) is 2. The number of imide groups is 1. The summed E-state index contributed by atoms with van der Waals surface area (Å²) in [7, 11) is 3.06. The minimum absolute atomic E-state index is 0.194. The topological polar surface area (TPSA) is 76.2 Å². The zero-order valence-corrected chi connectivity index (χ0v) is 17.4. The molecule has 0 spiro atoms. The van der Waals surface area contributed by atoms with E-state index in [1.807, 2.05) is 0 Å². The zero-order valence-electron chi connectivity index (χ0n) is 15.0. The zero-order chi connectivity index (χ0) is 19.6. The van der Waals surface area contributed by atoms with Crippen LogP contribution in [-0.4, -0.2) is 60.7 Å². The van der Waals surface area contributed by atoms with E-state index in [-0.39, 0.29) is 17.4 Å². The molecule has 2 saturated heterocycles. The number of ether oxygens (including phenoxy) is 2. The molecule has 2 fully saturated rings. The van der Waals surface area contributed by atoms with Crippen LogP contribution < -0.4 is 9.47 Å². The van der Waals surface area contributed by atoms with Crippen LogP contribution >= 0.6 is 27.7 Å². The number of hydrogen-bond donors (Lipinski definition) is 0. The van der Waals surface area contributed by atoms with Crippen LogP contribution in [0.15, 0.2) is 21.5 Å². The lowest BCUT2D eigenvalue weighted by Gasteiger charge is -2.18. The van der Waals surface area contributed by atoms with Crippen molar-refractivity contribution in [3.63, 3.8) is 0 Å². The van der Waals surface area contributed by atoms with Crippen molar-refractivity contribution < 1.29 is 23.9 Å². The Balaban J connectivity index is 1.82. The van der Waals surface area contributed by atoms with E-state index in [0.29, 0.717) is 34.6 Å². The first kappa shape index (κ1) is 19.8. The summed E-state index contributed by atoms with van der Waals surface area (Å²) in [5.74, 6) is 0.440. The average molecular weight is 455 g/mol. The summed E-state index contributed by atoms with van der Waals surface area (Å²) in [5, 5.41) is -0.439. The van der Waals surface area contributed by atoms with Gasteiger partial charge < -0.3 is 14.4 Å². The Morgan fingerprint density at radius 2 is 1.85 bits per heavy atom. The van der Waals surface area contributed by atoms with Gasteiger partial charge in [0, 0.05) is 24.7 Å². The van der Waals surface area contributed by atoms with Crippen molar-refractivity contribution in [1.82, 2.24) is 9.80 Å². The minimum Gasteiger partial charge on any atom is -0.496 e. The van der Waals surface area contributed by atoms with Gasteiger partial charge in [-0.2, -0.15) is 0 Å². The normalized spacial score (nSPS) is 18.6. The smallest absolute Gasteiger partial charge is 0.294 e. The third-order valence-corrected chi connectivity index (χ3v) is 5.94. The highest BCUT2D eigenvalue weighted by Crippen LogP contribution is 2.37. The molecule has 9 heteroatoms. The third kappa shape index (κ3) is 4.14. The highest BCUT2D eigenvalue weighted by atomic mass is 79.9. The molecule has 0 saturated carbocycles. The van der Waals surface area contributed by atoms with Crippen LogP contribution in [0.25, 0.3) is 6.08 Å².